The quantitative estimate of drug-likeness (QED) is 0.428. The first-order valence-corrected chi connectivity index (χ1v) is 12.7. The molecular weight excluding hydrogens is 458 g/mol. The summed E-state index contributed by atoms with van der Waals surface area (Å²) in [5.74, 6) is 1.55. The van der Waals surface area contributed by atoms with Gasteiger partial charge in [-0.3, -0.25) is 9.59 Å². The van der Waals surface area contributed by atoms with Gasteiger partial charge >= 0.3 is 0 Å². The highest BCUT2D eigenvalue weighted by Gasteiger charge is 2.44. The van der Waals surface area contributed by atoms with Gasteiger partial charge < -0.3 is 23.5 Å². The molecule has 36 heavy (non-hydrogen) atoms. The minimum absolute atomic E-state index is 0.0712. The highest BCUT2D eigenvalue weighted by Crippen LogP contribution is 2.41. The highest BCUT2D eigenvalue weighted by atomic mass is 16.5. The normalized spacial score (nSPS) is 19.4. The van der Waals surface area contributed by atoms with Crippen LogP contribution in [0.1, 0.15) is 66.4 Å². The molecule has 1 amide bonds. The summed E-state index contributed by atoms with van der Waals surface area (Å²) >= 11 is 0. The zero-order valence-electron chi connectivity index (χ0n) is 21.3. The first-order chi connectivity index (χ1) is 17.4. The number of ether oxygens (including phenoxy) is 3. The van der Waals surface area contributed by atoms with E-state index in [0.717, 1.165) is 30.4 Å². The van der Waals surface area contributed by atoms with Gasteiger partial charge in [-0.2, -0.15) is 0 Å². The number of rotatable bonds is 8. The largest absolute Gasteiger partial charge is 0.493 e. The van der Waals surface area contributed by atoms with Crippen LogP contribution in [0.2, 0.25) is 0 Å². The lowest BCUT2D eigenvalue weighted by molar-refractivity contribution is 0.0486. The minimum Gasteiger partial charge on any atom is -0.493 e. The molecule has 7 nitrogen and oxygen atoms in total. The standard InChI is InChI=1S/C29H33NO6/c1-17(2)11-13-35-23-10-8-19(15-24(23)33-4)26-25-27(31)21-14-18(3)7-9-22(21)36-28(25)29(32)30(26)16-20-6-5-12-34-20/h7-10,14-15,17,20,26H,5-6,11-13,16H2,1-4H3/t20-,26-/m1/s1. The molecule has 190 valence electrons. The second kappa shape index (κ2) is 9.97. The zero-order chi connectivity index (χ0) is 25.4. The molecule has 0 spiro atoms. The van der Waals surface area contributed by atoms with E-state index in [4.69, 9.17) is 18.6 Å². The Kier molecular flexibility index (Phi) is 6.75. The number of carbonyl (C=O) groups is 1. The van der Waals surface area contributed by atoms with Crippen molar-refractivity contribution >= 4 is 16.9 Å². The van der Waals surface area contributed by atoms with Gasteiger partial charge in [0.1, 0.15) is 5.58 Å². The van der Waals surface area contributed by atoms with Gasteiger partial charge in [-0.05, 0) is 61.9 Å². The number of benzene rings is 2. The van der Waals surface area contributed by atoms with Crippen molar-refractivity contribution in [3.8, 4) is 11.5 Å². The van der Waals surface area contributed by atoms with Crippen LogP contribution in [0, 0.1) is 12.8 Å². The number of methoxy groups -OCH3 is 1. The van der Waals surface area contributed by atoms with Crippen LogP contribution in [0.25, 0.3) is 11.0 Å². The summed E-state index contributed by atoms with van der Waals surface area (Å²) in [7, 11) is 1.59. The summed E-state index contributed by atoms with van der Waals surface area (Å²) in [4.78, 5) is 29.1. The fraction of sp³-hybridized carbons (Fsp3) is 0.448. The fourth-order valence-electron chi connectivity index (χ4n) is 5.05. The van der Waals surface area contributed by atoms with Crippen LogP contribution in [-0.4, -0.2) is 43.8 Å². The average molecular weight is 492 g/mol. The smallest absolute Gasteiger partial charge is 0.291 e. The molecule has 2 aliphatic heterocycles. The van der Waals surface area contributed by atoms with E-state index < -0.39 is 6.04 Å². The number of carbonyl (C=O) groups excluding carboxylic acids is 1. The Labute approximate surface area is 210 Å². The second-order valence-corrected chi connectivity index (χ2v) is 10.1. The molecule has 1 fully saturated rings. The number of nitrogens with zero attached hydrogens (tertiary/aromatic N) is 1. The summed E-state index contributed by atoms with van der Waals surface area (Å²) in [5.41, 5.74) is 2.33. The highest BCUT2D eigenvalue weighted by molar-refractivity contribution is 5.99. The van der Waals surface area contributed by atoms with Crippen molar-refractivity contribution in [3.63, 3.8) is 0 Å². The summed E-state index contributed by atoms with van der Waals surface area (Å²) in [6, 6.07) is 10.5. The molecule has 2 aliphatic rings. The zero-order valence-corrected chi connectivity index (χ0v) is 21.3. The third-order valence-electron chi connectivity index (χ3n) is 7.00. The first-order valence-electron chi connectivity index (χ1n) is 12.7. The van der Waals surface area contributed by atoms with Crippen molar-refractivity contribution < 1.29 is 23.4 Å². The van der Waals surface area contributed by atoms with E-state index in [1.807, 2.05) is 37.3 Å². The van der Waals surface area contributed by atoms with Crippen LogP contribution < -0.4 is 14.9 Å². The Hall–Kier alpha value is -3.32. The molecule has 0 bridgehead atoms. The summed E-state index contributed by atoms with van der Waals surface area (Å²) < 4.78 is 23.5. The Morgan fingerprint density at radius 1 is 1.11 bits per heavy atom. The van der Waals surface area contributed by atoms with Gasteiger partial charge in [0.2, 0.25) is 5.76 Å². The Bertz CT molecular complexity index is 1340. The third-order valence-corrected chi connectivity index (χ3v) is 7.00. The second-order valence-electron chi connectivity index (χ2n) is 10.1. The van der Waals surface area contributed by atoms with Gasteiger partial charge in [-0.25, -0.2) is 0 Å². The van der Waals surface area contributed by atoms with Crippen LogP contribution in [0.3, 0.4) is 0 Å². The molecule has 3 aromatic rings. The maximum Gasteiger partial charge on any atom is 0.291 e. The molecule has 0 aliphatic carbocycles. The molecule has 2 aromatic carbocycles. The molecule has 7 heteroatoms. The van der Waals surface area contributed by atoms with E-state index in [9.17, 15) is 9.59 Å². The van der Waals surface area contributed by atoms with E-state index in [2.05, 4.69) is 13.8 Å². The molecule has 5 rings (SSSR count). The van der Waals surface area contributed by atoms with E-state index in [-0.39, 0.29) is 23.2 Å². The number of fused-ring (bicyclic) bond motifs is 2. The molecule has 1 aromatic heterocycles. The van der Waals surface area contributed by atoms with Gasteiger partial charge in [-0.1, -0.05) is 31.5 Å². The van der Waals surface area contributed by atoms with Crippen molar-refractivity contribution in [2.75, 3.05) is 26.9 Å². The van der Waals surface area contributed by atoms with Crippen molar-refractivity contribution in [2.24, 2.45) is 5.92 Å². The van der Waals surface area contributed by atoms with E-state index in [1.54, 1.807) is 18.1 Å². The third kappa shape index (κ3) is 4.48. The van der Waals surface area contributed by atoms with E-state index in [1.165, 1.54) is 0 Å². The Morgan fingerprint density at radius 2 is 1.94 bits per heavy atom. The lowest BCUT2D eigenvalue weighted by Gasteiger charge is -2.28. The van der Waals surface area contributed by atoms with Crippen molar-refractivity contribution in [1.82, 2.24) is 4.90 Å². The van der Waals surface area contributed by atoms with Gasteiger partial charge in [0.25, 0.3) is 5.91 Å². The fourth-order valence-corrected chi connectivity index (χ4v) is 5.05. The number of amides is 1. The molecular formula is C29H33NO6. The number of hydrogen-bond donors (Lipinski definition) is 0. The van der Waals surface area contributed by atoms with E-state index >= 15 is 0 Å². The molecule has 0 radical (unpaired) electrons. The maximum absolute atomic E-state index is 13.8. The Morgan fingerprint density at radius 3 is 2.67 bits per heavy atom. The average Bonchev–Trinajstić information content (AvgIpc) is 3.47. The van der Waals surface area contributed by atoms with Gasteiger partial charge in [0, 0.05) is 13.2 Å². The topological polar surface area (TPSA) is 78.2 Å². The van der Waals surface area contributed by atoms with Crippen molar-refractivity contribution in [2.45, 2.75) is 52.2 Å². The monoisotopic (exact) mass is 491 g/mol. The van der Waals surface area contributed by atoms with Crippen LogP contribution in [0.4, 0.5) is 0 Å². The summed E-state index contributed by atoms with van der Waals surface area (Å²) in [6.45, 7) is 7.88. The summed E-state index contributed by atoms with van der Waals surface area (Å²) in [5, 5.41) is 0.478. The predicted molar refractivity (Wildman–Crippen MR) is 137 cm³/mol. The van der Waals surface area contributed by atoms with Crippen LogP contribution in [-0.2, 0) is 4.74 Å². The van der Waals surface area contributed by atoms with Crippen LogP contribution >= 0.6 is 0 Å². The van der Waals surface area contributed by atoms with Gasteiger partial charge in [-0.15, -0.1) is 0 Å². The predicted octanol–water partition coefficient (Wildman–Crippen LogP) is 5.26. The number of aryl methyl sites for hydroxylation is 1. The SMILES string of the molecule is COc1cc([C@@H]2c3c(oc4ccc(C)cc4c3=O)C(=O)N2C[C@H]2CCCO2)ccc1OCCC(C)C. The molecule has 0 saturated carbocycles. The lowest BCUT2D eigenvalue weighted by atomic mass is 9.97. The number of hydrogen-bond acceptors (Lipinski definition) is 6. The van der Waals surface area contributed by atoms with Gasteiger partial charge in [0.15, 0.2) is 16.9 Å². The van der Waals surface area contributed by atoms with E-state index in [0.29, 0.717) is 53.7 Å². The molecule has 2 atom stereocenters. The Balaban J connectivity index is 1.60. The van der Waals surface area contributed by atoms with Crippen LogP contribution in [0.5, 0.6) is 11.5 Å². The molecule has 0 unspecified atom stereocenters. The summed E-state index contributed by atoms with van der Waals surface area (Å²) in [6.07, 6.45) is 2.69. The maximum atomic E-state index is 13.8. The van der Waals surface area contributed by atoms with Crippen molar-refractivity contribution in [1.29, 1.82) is 0 Å². The molecule has 0 N–H and O–H groups in total. The van der Waals surface area contributed by atoms with Crippen molar-refractivity contribution in [3.05, 3.63) is 69.1 Å². The molecule has 1 saturated heterocycles. The first kappa shape index (κ1) is 24.4. The van der Waals surface area contributed by atoms with Gasteiger partial charge in [0.05, 0.1) is 36.8 Å². The molecule has 3 heterocycles. The minimum atomic E-state index is -0.600. The lowest BCUT2D eigenvalue weighted by Crippen LogP contribution is -2.36. The van der Waals surface area contributed by atoms with Crippen LogP contribution in [0.15, 0.2) is 45.6 Å².